The van der Waals surface area contributed by atoms with Crippen molar-refractivity contribution in [2.24, 2.45) is 0 Å². The Morgan fingerprint density at radius 3 is 2.67 bits per heavy atom. The normalized spacial score (nSPS) is 10.3. The molecule has 21 heavy (non-hydrogen) atoms. The smallest absolute Gasteiger partial charge is 0.226 e. The zero-order valence-corrected chi connectivity index (χ0v) is 12.7. The lowest BCUT2D eigenvalue weighted by Gasteiger charge is -2.20. The van der Waals surface area contributed by atoms with Gasteiger partial charge in [0.2, 0.25) is 11.8 Å². The molecule has 1 N–H and O–H groups in total. The number of amides is 2. The van der Waals surface area contributed by atoms with Crippen LogP contribution in [0.4, 0.5) is 10.1 Å². The molecule has 1 aromatic rings. The van der Waals surface area contributed by atoms with Crippen LogP contribution in [0.3, 0.4) is 0 Å². The Morgan fingerprint density at radius 1 is 1.38 bits per heavy atom. The minimum Gasteiger partial charge on any atom is -0.383 e. The maximum absolute atomic E-state index is 13.0. The van der Waals surface area contributed by atoms with Crippen molar-refractivity contribution < 1.29 is 18.7 Å². The lowest BCUT2D eigenvalue weighted by Crippen LogP contribution is -2.34. The number of ether oxygens (including phenoxy) is 1. The molecule has 0 spiro atoms. The highest BCUT2D eigenvalue weighted by Crippen LogP contribution is 2.19. The molecule has 1 rings (SSSR count). The lowest BCUT2D eigenvalue weighted by molar-refractivity contribution is -0.130. The molecule has 7 heteroatoms. The summed E-state index contributed by atoms with van der Waals surface area (Å²) in [5.74, 6) is -0.942. The van der Waals surface area contributed by atoms with Gasteiger partial charge >= 0.3 is 0 Å². The van der Waals surface area contributed by atoms with Crippen LogP contribution in [-0.2, 0) is 14.3 Å². The summed E-state index contributed by atoms with van der Waals surface area (Å²) in [6.45, 7) is 2.57. The second kappa shape index (κ2) is 8.59. The average molecular weight is 317 g/mol. The van der Waals surface area contributed by atoms with E-state index in [2.05, 4.69) is 5.32 Å². The van der Waals surface area contributed by atoms with Crippen molar-refractivity contribution in [2.45, 2.75) is 13.3 Å². The molecule has 116 valence electrons. The van der Waals surface area contributed by atoms with Gasteiger partial charge in [0, 0.05) is 39.2 Å². The monoisotopic (exact) mass is 316 g/mol. The molecule has 0 fully saturated rings. The minimum atomic E-state index is -0.544. The Bertz CT molecular complexity index is 511. The second-order valence-corrected chi connectivity index (χ2v) is 4.83. The van der Waals surface area contributed by atoms with Gasteiger partial charge in [-0.25, -0.2) is 4.39 Å². The number of hydrogen-bond acceptors (Lipinski definition) is 3. The third-order valence-corrected chi connectivity index (χ3v) is 3.11. The number of nitrogens with zero attached hydrogens (tertiary/aromatic N) is 1. The van der Waals surface area contributed by atoms with Crippen molar-refractivity contribution in [3.63, 3.8) is 0 Å². The molecule has 2 amide bonds. The summed E-state index contributed by atoms with van der Waals surface area (Å²) < 4.78 is 17.9. The van der Waals surface area contributed by atoms with Gasteiger partial charge in [0.15, 0.2) is 0 Å². The molecular formula is C14H18ClFN2O3. The average Bonchev–Trinajstić information content (AvgIpc) is 2.42. The van der Waals surface area contributed by atoms with E-state index in [9.17, 15) is 14.0 Å². The van der Waals surface area contributed by atoms with E-state index in [1.54, 1.807) is 7.11 Å². The molecule has 0 aliphatic rings. The summed E-state index contributed by atoms with van der Waals surface area (Å²) in [5.41, 5.74) is 0.415. The SMILES string of the molecule is COCCN(CCC(=O)Nc1ccc(F)c(Cl)c1)C(C)=O. The molecule has 0 aliphatic carbocycles. The number of hydrogen-bond donors (Lipinski definition) is 1. The minimum absolute atomic E-state index is 0.0572. The van der Waals surface area contributed by atoms with Crippen molar-refractivity contribution in [1.29, 1.82) is 0 Å². The van der Waals surface area contributed by atoms with Gasteiger partial charge in [-0.05, 0) is 18.2 Å². The van der Waals surface area contributed by atoms with Crippen LogP contribution >= 0.6 is 11.6 Å². The molecule has 0 aliphatic heterocycles. The number of rotatable bonds is 7. The number of carbonyl (C=O) groups is 2. The Morgan fingerprint density at radius 2 is 2.10 bits per heavy atom. The largest absolute Gasteiger partial charge is 0.383 e. The Hall–Kier alpha value is -1.66. The van der Waals surface area contributed by atoms with E-state index in [1.165, 1.54) is 30.0 Å². The van der Waals surface area contributed by atoms with E-state index < -0.39 is 5.82 Å². The second-order valence-electron chi connectivity index (χ2n) is 4.43. The summed E-state index contributed by atoms with van der Waals surface area (Å²) in [4.78, 5) is 24.7. The van der Waals surface area contributed by atoms with Crippen LogP contribution < -0.4 is 5.32 Å². The van der Waals surface area contributed by atoms with Crippen LogP contribution in [-0.4, -0.2) is 43.5 Å². The van der Waals surface area contributed by atoms with Crippen LogP contribution in [0.2, 0.25) is 5.02 Å². The highest BCUT2D eigenvalue weighted by molar-refractivity contribution is 6.31. The zero-order valence-electron chi connectivity index (χ0n) is 12.0. The van der Waals surface area contributed by atoms with Crippen molar-refractivity contribution in [2.75, 3.05) is 32.1 Å². The van der Waals surface area contributed by atoms with Crippen molar-refractivity contribution in [1.82, 2.24) is 4.90 Å². The van der Waals surface area contributed by atoms with Gasteiger partial charge in [0.05, 0.1) is 11.6 Å². The van der Waals surface area contributed by atoms with E-state index in [0.717, 1.165) is 0 Å². The fraction of sp³-hybridized carbons (Fsp3) is 0.429. The summed E-state index contributed by atoms with van der Waals surface area (Å²) in [7, 11) is 1.54. The van der Waals surface area contributed by atoms with Gasteiger partial charge in [0.1, 0.15) is 5.82 Å². The number of halogens is 2. The highest BCUT2D eigenvalue weighted by atomic mass is 35.5. The molecule has 0 heterocycles. The third-order valence-electron chi connectivity index (χ3n) is 2.82. The Labute approximate surface area is 128 Å². The molecule has 0 radical (unpaired) electrons. The van der Waals surface area contributed by atoms with E-state index in [-0.39, 0.29) is 23.3 Å². The van der Waals surface area contributed by atoms with E-state index in [4.69, 9.17) is 16.3 Å². The number of carbonyl (C=O) groups excluding carboxylic acids is 2. The van der Waals surface area contributed by atoms with Crippen LogP contribution in [0, 0.1) is 5.82 Å². The maximum Gasteiger partial charge on any atom is 0.226 e. The molecule has 1 aromatic carbocycles. The van der Waals surface area contributed by atoms with Crippen LogP contribution in [0.15, 0.2) is 18.2 Å². The summed E-state index contributed by atoms with van der Waals surface area (Å²) >= 11 is 5.63. The van der Waals surface area contributed by atoms with E-state index >= 15 is 0 Å². The van der Waals surface area contributed by atoms with Crippen LogP contribution in [0.1, 0.15) is 13.3 Å². The van der Waals surface area contributed by atoms with E-state index in [1.807, 2.05) is 0 Å². The van der Waals surface area contributed by atoms with Gasteiger partial charge in [-0.15, -0.1) is 0 Å². The summed E-state index contributed by atoms with van der Waals surface area (Å²) in [6.07, 6.45) is 0.137. The Kier molecular flexibility index (Phi) is 7.11. The predicted octanol–water partition coefficient (Wildman–Crippen LogP) is 2.30. The summed E-state index contributed by atoms with van der Waals surface area (Å²) in [6, 6.07) is 3.94. The molecule has 0 atom stereocenters. The first-order valence-corrected chi connectivity index (χ1v) is 6.81. The topological polar surface area (TPSA) is 58.6 Å². The number of methoxy groups -OCH3 is 1. The first-order valence-electron chi connectivity index (χ1n) is 6.43. The molecular weight excluding hydrogens is 299 g/mol. The van der Waals surface area contributed by atoms with Gasteiger partial charge in [0.25, 0.3) is 0 Å². The molecule has 0 unspecified atom stereocenters. The first-order chi connectivity index (χ1) is 9.93. The zero-order chi connectivity index (χ0) is 15.8. The number of nitrogens with one attached hydrogen (secondary N) is 1. The van der Waals surface area contributed by atoms with Crippen LogP contribution in [0.5, 0.6) is 0 Å². The lowest BCUT2D eigenvalue weighted by atomic mass is 10.3. The van der Waals surface area contributed by atoms with Gasteiger partial charge in [-0.2, -0.15) is 0 Å². The number of anilines is 1. The molecule has 0 saturated heterocycles. The van der Waals surface area contributed by atoms with Crippen molar-refractivity contribution in [3.05, 3.63) is 29.0 Å². The Balaban J connectivity index is 2.48. The molecule has 0 saturated carbocycles. The predicted molar refractivity (Wildman–Crippen MR) is 78.8 cm³/mol. The highest BCUT2D eigenvalue weighted by Gasteiger charge is 2.11. The third kappa shape index (κ3) is 6.10. The fourth-order valence-corrected chi connectivity index (χ4v) is 1.84. The first kappa shape index (κ1) is 17.4. The van der Waals surface area contributed by atoms with Crippen molar-refractivity contribution >= 4 is 29.1 Å². The van der Waals surface area contributed by atoms with Gasteiger partial charge in [-0.3, -0.25) is 9.59 Å². The van der Waals surface area contributed by atoms with Crippen LogP contribution in [0.25, 0.3) is 0 Å². The maximum atomic E-state index is 13.0. The number of benzene rings is 1. The van der Waals surface area contributed by atoms with Crippen molar-refractivity contribution in [3.8, 4) is 0 Å². The summed E-state index contributed by atoms with van der Waals surface area (Å²) in [5, 5.41) is 2.54. The molecule has 0 aromatic heterocycles. The van der Waals surface area contributed by atoms with E-state index in [0.29, 0.717) is 25.4 Å². The van der Waals surface area contributed by atoms with Gasteiger partial charge < -0.3 is 15.0 Å². The molecule has 0 bridgehead atoms. The standard InChI is InChI=1S/C14H18ClFN2O3/c1-10(19)18(7-8-21-2)6-5-14(20)17-11-3-4-13(16)12(15)9-11/h3-4,9H,5-8H2,1-2H3,(H,17,20). The van der Waals surface area contributed by atoms with Gasteiger partial charge in [-0.1, -0.05) is 11.6 Å². The quantitative estimate of drug-likeness (QED) is 0.839. The fourth-order valence-electron chi connectivity index (χ4n) is 1.66. The molecule has 5 nitrogen and oxygen atoms in total.